The van der Waals surface area contributed by atoms with Crippen LogP contribution in [0.1, 0.15) is 63.7 Å². The number of benzene rings is 1. The Hall–Kier alpha value is -1.92. The lowest BCUT2D eigenvalue weighted by atomic mass is 10.2. The van der Waals surface area contributed by atoms with Crippen LogP contribution in [-0.4, -0.2) is 51.5 Å². The van der Waals surface area contributed by atoms with Crippen molar-refractivity contribution in [2.24, 2.45) is 0 Å². The second-order valence-electron chi connectivity index (χ2n) is 5.38. The molecule has 0 radical (unpaired) electrons. The van der Waals surface area contributed by atoms with Crippen LogP contribution in [0.2, 0.25) is 0 Å². The van der Waals surface area contributed by atoms with Gasteiger partial charge in [-0.05, 0) is 38.6 Å². The zero-order chi connectivity index (χ0) is 19.7. The van der Waals surface area contributed by atoms with E-state index in [1.807, 2.05) is 18.7 Å². The number of aromatic carboxylic acids is 1. The van der Waals surface area contributed by atoms with E-state index in [0.29, 0.717) is 12.0 Å². The highest BCUT2D eigenvalue weighted by Gasteiger charge is 2.02. The van der Waals surface area contributed by atoms with Gasteiger partial charge in [-0.1, -0.05) is 51.8 Å². The Bertz CT molecular complexity index is 444. The molecule has 1 unspecified atom stereocenters. The molecule has 0 bridgehead atoms. The highest BCUT2D eigenvalue weighted by atomic mass is 16.4. The molecule has 6 nitrogen and oxygen atoms in total. The van der Waals surface area contributed by atoms with Gasteiger partial charge in [0, 0.05) is 6.42 Å². The third-order valence-corrected chi connectivity index (χ3v) is 3.36. The van der Waals surface area contributed by atoms with Gasteiger partial charge in [0.1, 0.15) is 6.23 Å². The van der Waals surface area contributed by atoms with E-state index < -0.39 is 11.9 Å². The van der Waals surface area contributed by atoms with Crippen molar-refractivity contribution in [3.05, 3.63) is 35.9 Å². The molecule has 6 heteroatoms. The number of carboxylic acid groups (broad SMARTS) is 2. The zero-order valence-electron chi connectivity index (χ0n) is 15.8. The molecule has 1 aromatic rings. The second kappa shape index (κ2) is 16.9. The summed E-state index contributed by atoms with van der Waals surface area (Å²) >= 11 is 0. The van der Waals surface area contributed by atoms with Crippen molar-refractivity contribution >= 4 is 11.9 Å². The molecule has 0 heterocycles. The quantitative estimate of drug-likeness (QED) is 0.486. The van der Waals surface area contributed by atoms with Gasteiger partial charge < -0.3 is 15.3 Å². The highest BCUT2D eigenvalue weighted by Crippen LogP contribution is 1.97. The van der Waals surface area contributed by atoms with Crippen molar-refractivity contribution in [2.75, 3.05) is 13.1 Å². The van der Waals surface area contributed by atoms with E-state index in [9.17, 15) is 9.59 Å². The minimum Gasteiger partial charge on any atom is -0.481 e. The minimum atomic E-state index is -0.879. The van der Waals surface area contributed by atoms with Crippen LogP contribution in [-0.2, 0) is 4.79 Å². The van der Waals surface area contributed by atoms with Crippen LogP contribution in [0.4, 0.5) is 0 Å². The van der Waals surface area contributed by atoms with E-state index >= 15 is 0 Å². The fraction of sp³-hybridized carbons (Fsp3) is 0.579. The van der Waals surface area contributed by atoms with Gasteiger partial charge in [0.15, 0.2) is 0 Å². The van der Waals surface area contributed by atoms with E-state index in [4.69, 9.17) is 15.3 Å². The molecule has 0 aliphatic carbocycles. The number of hydrogen-bond acceptors (Lipinski definition) is 4. The fourth-order valence-corrected chi connectivity index (χ4v) is 1.86. The molecule has 0 spiro atoms. The Kier molecular flexibility index (Phi) is 17.1. The zero-order valence-corrected chi connectivity index (χ0v) is 15.8. The summed E-state index contributed by atoms with van der Waals surface area (Å²) in [5.41, 5.74) is 0.331. The van der Waals surface area contributed by atoms with Gasteiger partial charge in [-0.15, -0.1) is 0 Å². The van der Waals surface area contributed by atoms with Crippen molar-refractivity contribution < 1.29 is 24.9 Å². The molecule has 0 aliphatic heterocycles. The van der Waals surface area contributed by atoms with Crippen molar-refractivity contribution in [3.63, 3.8) is 0 Å². The molecular weight excluding hydrogens is 322 g/mol. The Balaban J connectivity index is 0. The first kappa shape index (κ1) is 25.3. The van der Waals surface area contributed by atoms with Gasteiger partial charge in [-0.2, -0.15) is 0 Å². The van der Waals surface area contributed by atoms with E-state index in [1.54, 1.807) is 37.3 Å². The SMILES string of the molecule is CCCCCC(=O)O.CCN(CC)C(C)O.O=C(O)c1ccccc1. The van der Waals surface area contributed by atoms with Gasteiger partial charge in [-0.25, -0.2) is 4.79 Å². The number of hydrogen-bond donors (Lipinski definition) is 3. The molecule has 0 fully saturated rings. The molecule has 1 rings (SSSR count). The molecule has 1 aromatic carbocycles. The third-order valence-electron chi connectivity index (χ3n) is 3.36. The maximum absolute atomic E-state index is 10.2. The van der Waals surface area contributed by atoms with Gasteiger partial charge in [-0.3, -0.25) is 9.69 Å². The van der Waals surface area contributed by atoms with Crippen molar-refractivity contribution in [3.8, 4) is 0 Å². The Labute approximate surface area is 151 Å². The molecule has 0 saturated heterocycles. The number of carbonyl (C=O) groups is 2. The smallest absolute Gasteiger partial charge is 0.335 e. The molecule has 25 heavy (non-hydrogen) atoms. The lowest BCUT2D eigenvalue weighted by Crippen LogP contribution is -2.32. The normalized spacial score (nSPS) is 10.8. The summed E-state index contributed by atoms with van der Waals surface area (Å²) in [7, 11) is 0. The topological polar surface area (TPSA) is 98.1 Å². The van der Waals surface area contributed by atoms with Crippen LogP contribution in [0, 0.1) is 0 Å². The Morgan fingerprint density at radius 3 is 1.76 bits per heavy atom. The number of rotatable bonds is 8. The first-order valence-corrected chi connectivity index (χ1v) is 8.72. The van der Waals surface area contributed by atoms with Crippen LogP contribution in [0.3, 0.4) is 0 Å². The fourth-order valence-electron chi connectivity index (χ4n) is 1.86. The van der Waals surface area contributed by atoms with Crippen LogP contribution in [0.15, 0.2) is 30.3 Å². The van der Waals surface area contributed by atoms with Gasteiger partial charge in [0.25, 0.3) is 0 Å². The lowest BCUT2D eigenvalue weighted by Gasteiger charge is -2.20. The molecule has 0 saturated carbocycles. The average molecular weight is 355 g/mol. The van der Waals surface area contributed by atoms with Gasteiger partial charge in [0.2, 0.25) is 0 Å². The number of nitrogens with zero attached hydrogens (tertiary/aromatic N) is 1. The van der Waals surface area contributed by atoms with Crippen LogP contribution in [0.5, 0.6) is 0 Å². The molecule has 0 aromatic heterocycles. The monoisotopic (exact) mass is 355 g/mol. The summed E-state index contributed by atoms with van der Waals surface area (Å²) in [4.78, 5) is 22.0. The number of unbranched alkanes of at least 4 members (excludes halogenated alkanes) is 2. The summed E-state index contributed by atoms with van der Waals surface area (Å²) in [6, 6.07) is 8.30. The van der Waals surface area contributed by atoms with Crippen molar-refractivity contribution in [1.29, 1.82) is 0 Å². The van der Waals surface area contributed by atoms with Crippen molar-refractivity contribution in [1.82, 2.24) is 4.90 Å². The summed E-state index contributed by atoms with van der Waals surface area (Å²) in [6.07, 6.45) is 2.99. The first-order valence-electron chi connectivity index (χ1n) is 8.72. The van der Waals surface area contributed by atoms with Crippen LogP contribution < -0.4 is 0 Å². The first-order chi connectivity index (χ1) is 11.8. The summed E-state index contributed by atoms with van der Waals surface area (Å²) < 4.78 is 0. The van der Waals surface area contributed by atoms with E-state index in [0.717, 1.165) is 32.4 Å². The predicted molar refractivity (Wildman–Crippen MR) is 99.8 cm³/mol. The summed E-state index contributed by atoms with van der Waals surface area (Å²) in [5.74, 6) is -1.56. The standard InChI is InChI=1S/C7H6O2.C6H15NO.C6H12O2/c8-7(9)6-4-2-1-3-5-6;1-4-7(5-2)6(3)8;1-2-3-4-5-6(7)8/h1-5H,(H,8,9);6,8H,4-5H2,1-3H3;2-5H2,1H3,(H,7,8). The molecule has 144 valence electrons. The number of aliphatic hydroxyl groups excluding tert-OH is 1. The van der Waals surface area contributed by atoms with E-state index in [2.05, 4.69) is 6.92 Å². The lowest BCUT2D eigenvalue weighted by molar-refractivity contribution is -0.137. The third kappa shape index (κ3) is 16.7. The predicted octanol–water partition coefficient (Wildman–Crippen LogP) is 3.70. The van der Waals surface area contributed by atoms with Gasteiger partial charge >= 0.3 is 11.9 Å². The second-order valence-corrected chi connectivity index (χ2v) is 5.38. The van der Waals surface area contributed by atoms with E-state index in [-0.39, 0.29) is 6.23 Å². The van der Waals surface area contributed by atoms with Crippen molar-refractivity contribution in [2.45, 2.75) is 59.6 Å². The average Bonchev–Trinajstić information content (AvgIpc) is 2.57. The maximum atomic E-state index is 10.2. The molecule has 0 amide bonds. The summed E-state index contributed by atoms with van der Waals surface area (Å²) in [6.45, 7) is 9.77. The maximum Gasteiger partial charge on any atom is 0.335 e. The van der Waals surface area contributed by atoms with Gasteiger partial charge in [0.05, 0.1) is 5.56 Å². The number of aliphatic carboxylic acids is 1. The minimum absolute atomic E-state index is 0.287. The van der Waals surface area contributed by atoms with E-state index in [1.165, 1.54) is 0 Å². The largest absolute Gasteiger partial charge is 0.481 e. The number of aliphatic hydroxyl groups is 1. The number of carboxylic acids is 2. The van der Waals surface area contributed by atoms with Crippen LogP contribution >= 0.6 is 0 Å². The van der Waals surface area contributed by atoms with Crippen LogP contribution in [0.25, 0.3) is 0 Å². The molecular formula is C19H33NO5. The Morgan fingerprint density at radius 2 is 1.52 bits per heavy atom. The molecule has 3 N–H and O–H groups in total. The molecule has 0 aliphatic rings. The Morgan fingerprint density at radius 1 is 1.00 bits per heavy atom. The molecule has 1 atom stereocenters. The summed E-state index contributed by atoms with van der Waals surface area (Å²) in [5, 5.41) is 25.5. The highest BCUT2D eigenvalue weighted by molar-refractivity contribution is 5.87.